The van der Waals surface area contributed by atoms with E-state index in [-0.39, 0.29) is 6.04 Å². The van der Waals surface area contributed by atoms with Crippen molar-refractivity contribution in [3.05, 3.63) is 16.1 Å². The Labute approximate surface area is 81.6 Å². The lowest BCUT2D eigenvalue weighted by atomic mass is 10.2. The third-order valence-electron chi connectivity index (χ3n) is 1.52. The van der Waals surface area contributed by atoms with Gasteiger partial charge in [-0.3, -0.25) is 0 Å². The number of aryl methyl sites for hydroxylation is 1. The number of aromatic nitrogens is 1. The largest absolute Gasteiger partial charge is 0.327 e. The molecule has 4 heteroatoms. The minimum atomic E-state index is 0.251. The lowest BCUT2D eigenvalue weighted by molar-refractivity contribution is 0.735. The molecule has 0 radical (unpaired) electrons. The predicted molar refractivity (Wildman–Crippen MR) is 56.9 cm³/mol. The second kappa shape index (κ2) is 4.84. The molecule has 2 nitrogen and oxygen atoms in total. The summed E-state index contributed by atoms with van der Waals surface area (Å²) in [5.74, 6) is 1.01. The van der Waals surface area contributed by atoms with Gasteiger partial charge in [-0.1, -0.05) is 0 Å². The van der Waals surface area contributed by atoms with Gasteiger partial charge in [-0.15, -0.1) is 11.3 Å². The third kappa shape index (κ3) is 3.13. The van der Waals surface area contributed by atoms with Gasteiger partial charge in [0.15, 0.2) is 0 Å². The van der Waals surface area contributed by atoms with Gasteiger partial charge in [0.05, 0.1) is 10.7 Å². The van der Waals surface area contributed by atoms with E-state index in [0.29, 0.717) is 0 Å². The minimum Gasteiger partial charge on any atom is -0.327 e. The van der Waals surface area contributed by atoms with Crippen LogP contribution in [0.1, 0.15) is 10.7 Å². The number of hydrogen-bond donors (Lipinski definition) is 1. The predicted octanol–water partition coefficient (Wildman–Crippen LogP) is 1.68. The molecule has 0 spiro atoms. The van der Waals surface area contributed by atoms with Crippen molar-refractivity contribution in [2.75, 3.05) is 12.0 Å². The van der Waals surface area contributed by atoms with Gasteiger partial charge in [0.2, 0.25) is 0 Å². The van der Waals surface area contributed by atoms with Gasteiger partial charge in [0.25, 0.3) is 0 Å². The van der Waals surface area contributed by atoms with E-state index in [1.54, 1.807) is 23.1 Å². The van der Waals surface area contributed by atoms with Crippen LogP contribution >= 0.6 is 23.1 Å². The summed E-state index contributed by atoms with van der Waals surface area (Å²) in [6, 6.07) is 0.251. The van der Waals surface area contributed by atoms with Crippen molar-refractivity contribution in [3.63, 3.8) is 0 Å². The topological polar surface area (TPSA) is 38.9 Å². The van der Waals surface area contributed by atoms with E-state index in [1.807, 2.05) is 6.92 Å². The fourth-order valence-corrected chi connectivity index (χ4v) is 2.22. The van der Waals surface area contributed by atoms with Crippen molar-refractivity contribution in [2.24, 2.45) is 5.73 Å². The van der Waals surface area contributed by atoms with Crippen LogP contribution in [0.5, 0.6) is 0 Å². The summed E-state index contributed by atoms with van der Waals surface area (Å²) in [7, 11) is 0. The number of rotatable bonds is 4. The van der Waals surface area contributed by atoms with E-state index < -0.39 is 0 Å². The van der Waals surface area contributed by atoms with Crippen LogP contribution in [0, 0.1) is 6.92 Å². The van der Waals surface area contributed by atoms with Gasteiger partial charge in [0.1, 0.15) is 0 Å². The number of thiazole rings is 1. The Bertz CT molecular complexity index is 235. The third-order valence-corrected chi connectivity index (χ3v) is 3.10. The number of nitrogens with zero attached hydrogens (tertiary/aromatic N) is 1. The Kier molecular flexibility index (Phi) is 4.05. The van der Waals surface area contributed by atoms with Crippen LogP contribution in [0.3, 0.4) is 0 Å². The molecule has 1 atom stereocenters. The van der Waals surface area contributed by atoms with Crippen LogP contribution in [0.2, 0.25) is 0 Å². The van der Waals surface area contributed by atoms with Gasteiger partial charge in [0, 0.05) is 23.6 Å². The lowest BCUT2D eigenvalue weighted by Gasteiger charge is -2.06. The molecule has 0 aliphatic carbocycles. The average Bonchev–Trinajstić information content (AvgIpc) is 2.36. The molecule has 1 unspecified atom stereocenters. The molecule has 0 fully saturated rings. The van der Waals surface area contributed by atoms with E-state index in [9.17, 15) is 0 Å². The molecular weight excluding hydrogens is 188 g/mol. The molecule has 1 heterocycles. The fourth-order valence-electron chi connectivity index (χ4n) is 1.04. The quantitative estimate of drug-likeness (QED) is 0.807. The standard InChI is InChI=1S/C8H14N2S2/c1-6-10-8(5-12-6)3-7(9)4-11-2/h5,7H,3-4,9H2,1-2H3. The summed E-state index contributed by atoms with van der Waals surface area (Å²) in [6.45, 7) is 2.02. The van der Waals surface area contributed by atoms with Crippen molar-refractivity contribution >= 4 is 23.1 Å². The smallest absolute Gasteiger partial charge is 0.0897 e. The molecule has 0 bridgehead atoms. The molecule has 1 rings (SSSR count). The van der Waals surface area contributed by atoms with Gasteiger partial charge >= 0.3 is 0 Å². The van der Waals surface area contributed by atoms with E-state index >= 15 is 0 Å². The highest BCUT2D eigenvalue weighted by Crippen LogP contribution is 2.10. The molecule has 2 N–H and O–H groups in total. The van der Waals surface area contributed by atoms with Crippen LogP contribution in [-0.2, 0) is 6.42 Å². The average molecular weight is 202 g/mol. The summed E-state index contributed by atoms with van der Waals surface area (Å²) in [4.78, 5) is 4.36. The molecule has 12 heavy (non-hydrogen) atoms. The zero-order valence-corrected chi connectivity index (χ0v) is 9.04. The Hall–Kier alpha value is -0.0600. The van der Waals surface area contributed by atoms with E-state index in [4.69, 9.17) is 5.73 Å². The van der Waals surface area contributed by atoms with Gasteiger partial charge in [-0.05, 0) is 13.2 Å². The first kappa shape index (κ1) is 10.0. The summed E-state index contributed by atoms with van der Waals surface area (Å²) >= 11 is 3.48. The molecular formula is C8H14N2S2. The lowest BCUT2D eigenvalue weighted by Crippen LogP contribution is -2.25. The maximum absolute atomic E-state index is 5.87. The first-order valence-corrected chi connectivity index (χ1v) is 6.15. The molecule has 0 saturated carbocycles. The van der Waals surface area contributed by atoms with E-state index in [0.717, 1.165) is 22.9 Å². The molecule has 0 amide bonds. The molecule has 0 aliphatic rings. The monoisotopic (exact) mass is 202 g/mol. The normalized spacial score (nSPS) is 13.2. The van der Waals surface area contributed by atoms with Crippen molar-refractivity contribution < 1.29 is 0 Å². The maximum atomic E-state index is 5.87. The first-order valence-electron chi connectivity index (χ1n) is 3.88. The molecule has 0 saturated heterocycles. The summed E-state index contributed by atoms with van der Waals surface area (Å²) in [5, 5.41) is 3.22. The zero-order chi connectivity index (χ0) is 8.97. The highest BCUT2D eigenvalue weighted by atomic mass is 32.2. The maximum Gasteiger partial charge on any atom is 0.0897 e. The van der Waals surface area contributed by atoms with Crippen LogP contribution < -0.4 is 5.73 Å². The number of hydrogen-bond acceptors (Lipinski definition) is 4. The summed E-state index contributed by atoms with van der Waals surface area (Å²) in [6.07, 6.45) is 2.98. The van der Waals surface area contributed by atoms with Crippen molar-refractivity contribution in [1.82, 2.24) is 4.98 Å². The van der Waals surface area contributed by atoms with Crippen LogP contribution in [0.4, 0.5) is 0 Å². The van der Waals surface area contributed by atoms with E-state index in [2.05, 4.69) is 16.6 Å². The second-order valence-electron chi connectivity index (χ2n) is 2.78. The SMILES string of the molecule is CSCC(N)Cc1csc(C)n1. The highest BCUT2D eigenvalue weighted by Gasteiger charge is 2.05. The minimum absolute atomic E-state index is 0.251. The second-order valence-corrected chi connectivity index (χ2v) is 4.75. The first-order chi connectivity index (χ1) is 5.72. The number of thioether (sulfide) groups is 1. The van der Waals surface area contributed by atoms with Crippen molar-refractivity contribution in [3.8, 4) is 0 Å². The molecule has 1 aromatic rings. The molecule has 0 aromatic carbocycles. The number of nitrogens with two attached hydrogens (primary N) is 1. The zero-order valence-electron chi connectivity index (χ0n) is 7.41. The summed E-state index contributed by atoms with van der Waals surface area (Å²) in [5.41, 5.74) is 7.01. The molecule has 68 valence electrons. The fraction of sp³-hybridized carbons (Fsp3) is 0.625. The Morgan fingerprint density at radius 3 is 3.00 bits per heavy atom. The van der Waals surface area contributed by atoms with Gasteiger partial charge in [-0.2, -0.15) is 11.8 Å². The van der Waals surface area contributed by atoms with Crippen LogP contribution in [0.15, 0.2) is 5.38 Å². The van der Waals surface area contributed by atoms with Crippen molar-refractivity contribution in [2.45, 2.75) is 19.4 Å². The van der Waals surface area contributed by atoms with Crippen LogP contribution in [-0.4, -0.2) is 23.0 Å². The highest BCUT2D eigenvalue weighted by molar-refractivity contribution is 7.98. The van der Waals surface area contributed by atoms with E-state index in [1.165, 1.54) is 0 Å². The summed E-state index contributed by atoms with van der Waals surface area (Å²) < 4.78 is 0. The van der Waals surface area contributed by atoms with Gasteiger partial charge in [-0.25, -0.2) is 4.98 Å². The Morgan fingerprint density at radius 2 is 2.50 bits per heavy atom. The Morgan fingerprint density at radius 1 is 1.75 bits per heavy atom. The molecule has 1 aromatic heterocycles. The van der Waals surface area contributed by atoms with Crippen LogP contribution in [0.25, 0.3) is 0 Å². The van der Waals surface area contributed by atoms with Crippen molar-refractivity contribution in [1.29, 1.82) is 0 Å². The Balaban J connectivity index is 2.41. The molecule has 0 aliphatic heterocycles. The van der Waals surface area contributed by atoms with Gasteiger partial charge < -0.3 is 5.73 Å².